The highest BCUT2D eigenvalue weighted by molar-refractivity contribution is 7.99. The number of hydrogen-bond donors (Lipinski definition) is 3. The molecule has 0 saturated heterocycles. The third kappa shape index (κ3) is 11.7. The summed E-state index contributed by atoms with van der Waals surface area (Å²) in [5.74, 6) is -0.881. The van der Waals surface area contributed by atoms with E-state index in [1.165, 1.54) is 68.2 Å². The van der Waals surface area contributed by atoms with Gasteiger partial charge in [-0.3, -0.25) is 4.79 Å². The summed E-state index contributed by atoms with van der Waals surface area (Å²) in [5, 5.41) is 28.8. The molecule has 208 valence electrons. The van der Waals surface area contributed by atoms with E-state index in [-0.39, 0.29) is 17.2 Å². The number of carboxylic acid groups (broad SMARTS) is 2. The molecule has 0 heterocycles. The fourth-order valence-corrected chi connectivity index (χ4v) is 5.41. The van der Waals surface area contributed by atoms with Crippen molar-refractivity contribution in [2.75, 3.05) is 7.11 Å². The lowest BCUT2D eigenvalue weighted by atomic mass is 10.0. The van der Waals surface area contributed by atoms with Gasteiger partial charge in [0.05, 0.1) is 18.8 Å². The van der Waals surface area contributed by atoms with Gasteiger partial charge in [0.2, 0.25) is 0 Å². The standard InChI is InChI=1S/C31H42O6S/c1-3-4-5-6-7-10-23-15-17-24(18-16-23)11-8-13-29(27(32)12-9-14-30(33)34)38-22-26-20-19-25(31(35)36)21-28(26)37-2/h8,13,15-21,27,29,32H,3-7,9-12,14,22H2,1-2H3,(H,33,34)(H,35,36)/b13-8+. The van der Waals surface area contributed by atoms with Crippen LogP contribution in [0.3, 0.4) is 0 Å². The topological polar surface area (TPSA) is 104 Å². The molecule has 38 heavy (non-hydrogen) atoms. The highest BCUT2D eigenvalue weighted by Gasteiger charge is 2.19. The van der Waals surface area contributed by atoms with Crippen LogP contribution in [0.4, 0.5) is 0 Å². The average Bonchev–Trinajstić information content (AvgIpc) is 2.90. The molecular formula is C31H42O6S. The molecule has 0 aliphatic carbocycles. The van der Waals surface area contributed by atoms with Crippen molar-refractivity contribution >= 4 is 23.7 Å². The molecule has 0 radical (unpaired) electrons. The molecule has 2 atom stereocenters. The van der Waals surface area contributed by atoms with Crippen molar-refractivity contribution in [3.8, 4) is 5.75 Å². The molecule has 0 aromatic heterocycles. The van der Waals surface area contributed by atoms with E-state index >= 15 is 0 Å². The first-order valence-corrected chi connectivity index (χ1v) is 14.5. The molecule has 0 amide bonds. The first-order valence-electron chi connectivity index (χ1n) is 13.5. The molecule has 2 rings (SSSR count). The van der Waals surface area contributed by atoms with Crippen molar-refractivity contribution in [3.63, 3.8) is 0 Å². The summed E-state index contributed by atoms with van der Waals surface area (Å²) < 4.78 is 5.39. The maximum absolute atomic E-state index is 11.3. The molecule has 2 unspecified atom stereocenters. The Kier molecular flexibility index (Phi) is 14.6. The molecule has 0 bridgehead atoms. The van der Waals surface area contributed by atoms with Crippen molar-refractivity contribution in [2.45, 2.75) is 88.2 Å². The predicted octanol–water partition coefficient (Wildman–Crippen LogP) is 6.92. The van der Waals surface area contributed by atoms with E-state index in [2.05, 4.69) is 37.3 Å². The number of aliphatic hydroxyl groups is 1. The van der Waals surface area contributed by atoms with Crippen LogP contribution in [0.1, 0.15) is 85.3 Å². The van der Waals surface area contributed by atoms with Gasteiger partial charge in [0.25, 0.3) is 0 Å². The van der Waals surface area contributed by atoms with Gasteiger partial charge in [-0.2, -0.15) is 0 Å². The van der Waals surface area contributed by atoms with Crippen LogP contribution in [0.2, 0.25) is 0 Å². The van der Waals surface area contributed by atoms with Gasteiger partial charge in [-0.1, -0.05) is 75.1 Å². The lowest BCUT2D eigenvalue weighted by molar-refractivity contribution is -0.137. The molecular weight excluding hydrogens is 500 g/mol. The van der Waals surface area contributed by atoms with Crippen molar-refractivity contribution in [1.82, 2.24) is 0 Å². The third-order valence-electron chi connectivity index (χ3n) is 6.51. The molecule has 0 fully saturated rings. The maximum atomic E-state index is 11.3. The number of ether oxygens (including phenoxy) is 1. The minimum Gasteiger partial charge on any atom is -0.496 e. The number of aliphatic carboxylic acids is 1. The highest BCUT2D eigenvalue weighted by atomic mass is 32.2. The van der Waals surface area contributed by atoms with Gasteiger partial charge in [0.15, 0.2) is 0 Å². The second kappa shape index (κ2) is 17.7. The number of aliphatic hydroxyl groups excluding tert-OH is 1. The van der Waals surface area contributed by atoms with Crippen LogP contribution in [0.5, 0.6) is 5.75 Å². The van der Waals surface area contributed by atoms with Crippen LogP contribution in [0.25, 0.3) is 0 Å². The van der Waals surface area contributed by atoms with Gasteiger partial charge in [-0.25, -0.2) is 4.79 Å². The lowest BCUT2D eigenvalue weighted by Crippen LogP contribution is -2.21. The van der Waals surface area contributed by atoms with Crippen LogP contribution in [0.15, 0.2) is 54.6 Å². The number of aromatic carboxylic acids is 1. The minimum atomic E-state index is -1.02. The van der Waals surface area contributed by atoms with Crippen molar-refractivity contribution < 1.29 is 29.6 Å². The monoisotopic (exact) mass is 542 g/mol. The molecule has 6 nitrogen and oxygen atoms in total. The molecule has 2 aromatic rings. The first kappa shape index (κ1) is 31.4. The number of allylic oxidation sites excluding steroid dienone is 1. The smallest absolute Gasteiger partial charge is 0.335 e. The summed E-state index contributed by atoms with van der Waals surface area (Å²) in [6, 6.07) is 13.5. The molecule has 0 aliphatic rings. The second-order valence-electron chi connectivity index (χ2n) is 9.57. The van der Waals surface area contributed by atoms with Crippen LogP contribution < -0.4 is 4.74 Å². The largest absolute Gasteiger partial charge is 0.496 e. The number of unbranched alkanes of at least 4 members (excludes halogenated alkanes) is 4. The van der Waals surface area contributed by atoms with Crippen molar-refractivity contribution in [2.24, 2.45) is 0 Å². The first-order chi connectivity index (χ1) is 18.3. The number of hydrogen-bond acceptors (Lipinski definition) is 5. The van der Waals surface area contributed by atoms with E-state index in [1.54, 1.807) is 12.1 Å². The fraction of sp³-hybridized carbons (Fsp3) is 0.484. The highest BCUT2D eigenvalue weighted by Crippen LogP contribution is 2.30. The van der Waals surface area contributed by atoms with Crippen LogP contribution in [0, 0.1) is 0 Å². The zero-order valence-corrected chi connectivity index (χ0v) is 23.4. The minimum absolute atomic E-state index is 0.0214. The number of methoxy groups -OCH3 is 1. The summed E-state index contributed by atoms with van der Waals surface area (Å²) in [4.78, 5) is 22.2. The zero-order chi connectivity index (χ0) is 27.8. The summed E-state index contributed by atoms with van der Waals surface area (Å²) in [6.07, 6.45) is 12.4. The third-order valence-corrected chi connectivity index (χ3v) is 7.84. The maximum Gasteiger partial charge on any atom is 0.335 e. The quantitative estimate of drug-likeness (QED) is 0.131. The normalized spacial score (nSPS) is 12.9. The Bertz CT molecular complexity index is 1020. The van der Waals surface area contributed by atoms with Gasteiger partial charge in [0.1, 0.15) is 5.75 Å². The fourth-order valence-electron chi connectivity index (χ4n) is 4.22. The summed E-state index contributed by atoms with van der Waals surface area (Å²) >= 11 is 1.53. The van der Waals surface area contributed by atoms with Crippen LogP contribution in [-0.4, -0.2) is 45.7 Å². The van der Waals surface area contributed by atoms with Gasteiger partial charge in [-0.05, 0) is 55.4 Å². The molecule has 2 aromatic carbocycles. The summed E-state index contributed by atoms with van der Waals surface area (Å²) in [5.41, 5.74) is 3.55. The van der Waals surface area contributed by atoms with Crippen molar-refractivity contribution in [3.05, 3.63) is 76.9 Å². The van der Waals surface area contributed by atoms with E-state index < -0.39 is 18.0 Å². The number of thioether (sulfide) groups is 1. The number of carbonyl (C=O) groups is 2. The zero-order valence-electron chi connectivity index (χ0n) is 22.6. The Morgan fingerprint density at radius 3 is 2.34 bits per heavy atom. The van der Waals surface area contributed by atoms with Crippen LogP contribution >= 0.6 is 11.8 Å². The molecule has 0 aliphatic heterocycles. The summed E-state index contributed by atoms with van der Waals surface area (Å²) in [7, 11) is 1.50. The Labute approximate surface area is 231 Å². The Balaban J connectivity index is 2.00. The summed E-state index contributed by atoms with van der Waals surface area (Å²) in [6.45, 7) is 2.23. The number of aryl methyl sites for hydroxylation is 1. The number of rotatable bonds is 19. The number of benzene rings is 2. The molecule has 3 N–H and O–H groups in total. The van der Waals surface area contributed by atoms with Gasteiger partial charge < -0.3 is 20.1 Å². The Morgan fingerprint density at radius 2 is 1.68 bits per heavy atom. The Morgan fingerprint density at radius 1 is 0.974 bits per heavy atom. The molecule has 0 spiro atoms. The van der Waals surface area contributed by atoms with E-state index in [9.17, 15) is 19.8 Å². The van der Waals surface area contributed by atoms with Gasteiger partial charge in [-0.15, -0.1) is 11.8 Å². The van der Waals surface area contributed by atoms with Crippen LogP contribution in [-0.2, 0) is 23.4 Å². The Hall–Kier alpha value is -2.77. The van der Waals surface area contributed by atoms with E-state index in [4.69, 9.17) is 9.84 Å². The van der Waals surface area contributed by atoms with Crippen molar-refractivity contribution in [1.29, 1.82) is 0 Å². The van der Waals surface area contributed by atoms with E-state index in [1.807, 2.05) is 6.08 Å². The van der Waals surface area contributed by atoms with Gasteiger partial charge in [0, 0.05) is 23.0 Å². The molecule has 7 heteroatoms. The second-order valence-corrected chi connectivity index (χ2v) is 10.7. The number of carboxylic acids is 2. The van der Waals surface area contributed by atoms with Gasteiger partial charge >= 0.3 is 11.9 Å². The molecule has 0 saturated carbocycles. The van der Waals surface area contributed by atoms with E-state index in [0.29, 0.717) is 24.3 Å². The van der Waals surface area contributed by atoms with E-state index in [0.717, 1.165) is 18.4 Å². The lowest BCUT2D eigenvalue weighted by Gasteiger charge is -2.20. The average molecular weight is 543 g/mol. The SMILES string of the molecule is CCCCCCCc1ccc(C/C=C/C(SCc2ccc(C(=O)O)cc2OC)C(O)CCCC(=O)O)cc1. The predicted molar refractivity (Wildman–Crippen MR) is 154 cm³/mol.